The van der Waals surface area contributed by atoms with Crippen molar-refractivity contribution in [3.63, 3.8) is 0 Å². The van der Waals surface area contributed by atoms with Crippen LogP contribution in [0.4, 0.5) is 0 Å². The van der Waals surface area contributed by atoms with Crippen molar-refractivity contribution >= 4 is 5.91 Å². The summed E-state index contributed by atoms with van der Waals surface area (Å²) in [5, 5.41) is 8.77. The Morgan fingerprint density at radius 2 is 1.75 bits per heavy atom. The average Bonchev–Trinajstić information content (AvgIpc) is 2.67. The molecule has 0 atom stereocenters. The monoisotopic (exact) mass is 320 g/mol. The molecule has 0 saturated carbocycles. The molecular formula is C20H20N2O2. The van der Waals surface area contributed by atoms with Crippen molar-refractivity contribution < 1.29 is 9.53 Å². The van der Waals surface area contributed by atoms with Crippen LogP contribution >= 0.6 is 0 Å². The first-order chi connectivity index (χ1) is 11.8. The Balaban J connectivity index is 1.47. The number of hydrogen-bond acceptors (Lipinski definition) is 3. The van der Waals surface area contributed by atoms with E-state index in [4.69, 9.17) is 10.00 Å². The lowest BCUT2D eigenvalue weighted by Gasteiger charge is -2.32. The van der Waals surface area contributed by atoms with E-state index in [2.05, 4.69) is 30.3 Å². The van der Waals surface area contributed by atoms with Crippen molar-refractivity contribution in [3.8, 4) is 11.8 Å². The van der Waals surface area contributed by atoms with Crippen molar-refractivity contribution in [1.29, 1.82) is 5.26 Å². The van der Waals surface area contributed by atoms with Gasteiger partial charge in [0.25, 0.3) is 5.91 Å². The lowest BCUT2D eigenvalue weighted by Crippen LogP contribution is -2.40. The van der Waals surface area contributed by atoms with Crippen molar-refractivity contribution in [3.05, 3.63) is 65.7 Å². The third-order valence-electron chi connectivity index (χ3n) is 4.46. The van der Waals surface area contributed by atoms with Gasteiger partial charge in [-0.3, -0.25) is 4.79 Å². The van der Waals surface area contributed by atoms with Gasteiger partial charge in [-0.25, -0.2) is 0 Å². The van der Waals surface area contributed by atoms with Gasteiger partial charge in [-0.2, -0.15) is 5.26 Å². The van der Waals surface area contributed by atoms with Crippen LogP contribution < -0.4 is 4.74 Å². The molecule has 0 unspecified atom stereocenters. The van der Waals surface area contributed by atoms with Crippen molar-refractivity contribution in [2.24, 2.45) is 0 Å². The molecule has 122 valence electrons. The number of hydrogen-bond donors (Lipinski definition) is 0. The normalized spacial score (nSPS) is 14.9. The summed E-state index contributed by atoms with van der Waals surface area (Å²) in [6.45, 7) is 1.59. The zero-order chi connectivity index (χ0) is 16.8. The molecule has 0 bridgehead atoms. The zero-order valence-electron chi connectivity index (χ0n) is 13.5. The fraction of sp³-hybridized carbons (Fsp3) is 0.300. The summed E-state index contributed by atoms with van der Waals surface area (Å²) in [6.07, 6.45) is 1.99. The Labute approximate surface area is 142 Å². The summed E-state index contributed by atoms with van der Waals surface area (Å²) in [5.74, 6) is 1.17. The Kier molecular flexibility index (Phi) is 5.12. The highest BCUT2D eigenvalue weighted by Crippen LogP contribution is 2.27. The number of nitriles is 1. The molecule has 0 N–H and O–H groups in total. The first-order valence-electron chi connectivity index (χ1n) is 8.22. The lowest BCUT2D eigenvalue weighted by atomic mass is 9.89. The van der Waals surface area contributed by atoms with Crippen LogP contribution in [0.2, 0.25) is 0 Å². The van der Waals surface area contributed by atoms with Gasteiger partial charge in [0.1, 0.15) is 5.75 Å². The maximum Gasteiger partial charge on any atom is 0.260 e. The first-order valence-corrected chi connectivity index (χ1v) is 8.22. The SMILES string of the molecule is N#Cc1ccc(OCC(=O)N2CCC(c3ccccc3)CC2)cc1. The molecule has 1 fully saturated rings. The van der Waals surface area contributed by atoms with Gasteiger partial charge in [-0.15, -0.1) is 0 Å². The molecule has 1 amide bonds. The minimum absolute atomic E-state index is 0.0193. The number of carbonyl (C=O) groups excluding carboxylic acids is 1. The van der Waals surface area contributed by atoms with Crippen LogP contribution in [-0.2, 0) is 4.79 Å². The largest absolute Gasteiger partial charge is 0.484 e. The van der Waals surface area contributed by atoms with E-state index in [-0.39, 0.29) is 12.5 Å². The maximum absolute atomic E-state index is 12.3. The molecule has 1 heterocycles. The summed E-state index contributed by atoms with van der Waals surface area (Å²) in [4.78, 5) is 14.2. The van der Waals surface area contributed by atoms with Crippen LogP contribution in [-0.4, -0.2) is 30.5 Å². The van der Waals surface area contributed by atoms with Crippen LogP contribution in [0.3, 0.4) is 0 Å². The van der Waals surface area contributed by atoms with Crippen LogP contribution in [0.1, 0.15) is 29.9 Å². The average molecular weight is 320 g/mol. The van der Waals surface area contributed by atoms with E-state index in [9.17, 15) is 4.79 Å². The number of ether oxygens (including phenoxy) is 1. The van der Waals surface area contributed by atoms with Crippen LogP contribution in [0.5, 0.6) is 5.75 Å². The molecule has 1 saturated heterocycles. The third-order valence-corrected chi connectivity index (χ3v) is 4.46. The molecule has 24 heavy (non-hydrogen) atoms. The highest BCUT2D eigenvalue weighted by atomic mass is 16.5. The van der Waals surface area contributed by atoms with E-state index in [1.165, 1.54) is 5.56 Å². The molecule has 1 aliphatic heterocycles. The van der Waals surface area contributed by atoms with Gasteiger partial charge >= 0.3 is 0 Å². The van der Waals surface area contributed by atoms with E-state index >= 15 is 0 Å². The maximum atomic E-state index is 12.3. The molecular weight excluding hydrogens is 300 g/mol. The van der Waals surface area contributed by atoms with Gasteiger partial charge in [0.15, 0.2) is 6.61 Å². The highest BCUT2D eigenvalue weighted by molar-refractivity contribution is 5.77. The van der Waals surface area contributed by atoms with Crippen LogP contribution in [0.25, 0.3) is 0 Å². The quantitative estimate of drug-likeness (QED) is 0.868. The summed E-state index contributed by atoms with van der Waals surface area (Å²) < 4.78 is 5.53. The lowest BCUT2D eigenvalue weighted by molar-refractivity contribution is -0.134. The Morgan fingerprint density at radius 1 is 1.08 bits per heavy atom. The van der Waals surface area contributed by atoms with Crippen LogP contribution in [0, 0.1) is 11.3 Å². The van der Waals surface area contributed by atoms with Gasteiger partial charge in [0.2, 0.25) is 0 Å². The Hall–Kier alpha value is -2.80. The number of amides is 1. The number of piperidine rings is 1. The van der Waals surface area contributed by atoms with Crippen molar-refractivity contribution in [2.45, 2.75) is 18.8 Å². The number of benzene rings is 2. The summed E-state index contributed by atoms with van der Waals surface area (Å²) >= 11 is 0. The smallest absolute Gasteiger partial charge is 0.260 e. The predicted molar refractivity (Wildman–Crippen MR) is 91.6 cm³/mol. The molecule has 2 aromatic rings. The summed E-state index contributed by atoms with van der Waals surface area (Å²) in [7, 11) is 0. The Bertz CT molecular complexity index is 712. The van der Waals surface area contributed by atoms with Gasteiger partial charge in [0, 0.05) is 13.1 Å². The van der Waals surface area contributed by atoms with E-state index < -0.39 is 0 Å². The fourth-order valence-corrected chi connectivity index (χ4v) is 3.05. The topological polar surface area (TPSA) is 53.3 Å². The van der Waals surface area contributed by atoms with E-state index in [1.54, 1.807) is 24.3 Å². The number of likely N-dealkylation sites (tertiary alicyclic amines) is 1. The molecule has 4 heteroatoms. The highest BCUT2D eigenvalue weighted by Gasteiger charge is 2.23. The van der Waals surface area contributed by atoms with Crippen LogP contribution in [0.15, 0.2) is 54.6 Å². The fourth-order valence-electron chi connectivity index (χ4n) is 3.05. The molecule has 0 aliphatic carbocycles. The van der Waals surface area contributed by atoms with Crippen molar-refractivity contribution in [1.82, 2.24) is 4.90 Å². The molecule has 0 spiro atoms. The minimum atomic E-state index is 0.0193. The minimum Gasteiger partial charge on any atom is -0.484 e. The second-order valence-corrected chi connectivity index (χ2v) is 5.99. The molecule has 0 radical (unpaired) electrons. The molecule has 1 aliphatic rings. The predicted octanol–water partition coefficient (Wildman–Crippen LogP) is 3.34. The van der Waals surface area contributed by atoms with E-state index in [0.717, 1.165) is 25.9 Å². The molecule has 0 aromatic heterocycles. The zero-order valence-corrected chi connectivity index (χ0v) is 13.5. The van der Waals surface area contributed by atoms with Gasteiger partial charge in [-0.05, 0) is 48.6 Å². The van der Waals surface area contributed by atoms with Crippen molar-refractivity contribution in [2.75, 3.05) is 19.7 Å². The summed E-state index contributed by atoms with van der Waals surface area (Å²) in [5.41, 5.74) is 1.94. The first kappa shape index (κ1) is 16.1. The number of nitrogens with zero attached hydrogens (tertiary/aromatic N) is 2. The van der Waals surface area contributed by atoms with Gasteiger partial charge in [0.05, 0.1) is 11.6 Å². The second-order valence-electron chi connectivity index (χ2n) is 5.99. The second kappa shape index (κ2) is 7.65. The summed E-state index contributed by atoms with van der Waals surface area (Å²) in [6, 6.07) is 19.4. The molecule has 4 nitrogen and oxygen atoms in total. The third kappa shape index (κ3) is 3.94. The standard InChI is InChI=1S/C20H20N2O2/c21-14-16-6-8-19(9-7-16)24-15-20(23)22-12-10-18(11-13-22)17-4-2-1-3-5-17/h1-9,18H,10-13,15H2. The van der Waals surface area contributed by atoms with Gasteiger partial charge < -0.3 is 9.64 Å². The van der Waals surface area contributed by atoms with E-state index in [0.29, 0.717) is 17.2 Å². The molecule has 2 aromatic carbocycles. The Morgan fingerprint density at radius 3 is 2.38 bits per heavy atom. The number of rotatable bonds is 4. The number of carbonyl (C=O) groups is 1. The van der Waals surface area contributed by atoms with Gasteiger partial charge in [-0.1, -0.05) is 30.3 Å². The van der Waals surface area contributed by atoms with E-state index in [1.807, 2.05) is 11.0 Å². The molecule has 3 rings (SSSR count).